The third-order valence-corrected chi connectivity index (χ3v) is 4.88. The summed E-state index contributed by atoms with van der Waals surface area (Å²) in [4.78, 5) is 13.7. The Morgan fingerprint density at radius 1 is 1.00 bits per heavy atom. The Bertz CT molecular complexity index is 1280. The number of hydrogen-bond donors (Lipinski definition) is 1. The first-order valence-corrected chi connectivity index (χ1v) is 10.6. The minimum Gasteiger partial charge on any atom is -0.477 e. The molecule has 4 nitrogen and oxygen atoms in total. The van der Waals surface area contributed by atoms with Crippen molar-refractivity contribution < 1.29 is 50.2 Å². The number of carboxylic acids is 1. The van der Waals surface area contributed by atoms with Crippen molar-refractivity contribution in [1.82, 2.24) is 4.98 Å². The number of hydrogen-bond acceptors (Lipinski definition) is 3. The van der Waals surface area contributed by atoms with E-state index in [0.717, 1.165) is 38.3 Å². The minimum atomic E-state index is -5.08. The van der Waals surface area contributed by atoms with Crippen LogP contribution in [0.15, 0.2) is 83.3 Å². The van der Waals surface area contributed by atoms with Crippen LogP contribution >= 0.6 is 15.9 Å². The molecule has 1 radical (unpaired) electrons. The molecule has 9 heteroatoms. The van der Waals surface area contributed by atoms with Crippen LogP contribution in [0, 0.1) is 19.1 Å². The molecule has 0 aliphatic carbocycles. The predicted molar refractivity (Wildman–Crippen MR) is 125 cm³/mol. The van der Waals surface area contributed by atoms with E-state index in [9.17, 15) is 13.2 Å². The summed E-state index contributed by atoms with van der Waals surface area (Å²) in [7, 11) is 0. The number of aryl methyl sites for hydroxylation is 1. The first-order chi connectivity index (χ1) is 16.1. The second-order valence-corrected chi connectivity index (χ2v) is 7.84. The van der Waals surface area contributed by atoms with E-state index in [4.69, 9.17) is 19.6 Å². The zero-order valence-electron chi connectivity index (χ0n) is 18.0. The Morgan fingerprint density at radius 3 is 2.31 bits per heavy atom. The monoisotopic (exact) mass is 724 g/mol. The molecule has 1 heterocycles. The van der Waals surface area contributed by atoms with Gasteiger partial charge in [-0.3, -0.25) is 0 Å². The summed E-state index contributed by atoms with van der Waals surface area (Å²) >= 11 is 3.47. The zero-order valence-corrected chi connectivity index (χ0v) is 21.8. The molecule has 4 rings (SSSR count). The van der Waals surface area contributed by atoms with Crippen LogP contribution in [0.25, 0.3) is 22.5 Å². The van der Waals surface area contributed by atoms with Crippen molar-refractivity contribution in [3.8, 4) is 34.0 Å². The predicted octanol–water partition coefficient (Wildman–Crippen LogP) is 7.51. The molecule has 0 aliphatic heterocycles. The maximum absolute atomic E-state index is 10.6. The van der Waals surface area contributed by atoms with E-state index >= 15 is 0 Å². The van der Waals surface area contributed by atoms with Gasteiger partial charge >= 0.3 is 12.1 Å². The van der Waals surface area contributed by atoms with E-state index in [0.29, 0.717) is 5.75 Å². The number of carbonyl (C=O) groups is 1. The number of carboxylic acid groups (broad SMARTS) is 1. The number of alkyl halides is 3. The van der Waals surface area contributed by atoms with Crippen molar-refractivity contribution in [3.63, 3.8) is 0 Å². The van der Waals surface area contributed by atoms with Gasteiger partial charge in [-0.1, -0.05) is 53.2 Å². The average molecular weight is 725 g/mol. The first-order valence-electron chi connectivity index (χ1n) is 9.84. The largest absolute Gasteiger partial charge is 0.490 e. The number of pyridine rings is 1. The van der Waals surface area contributed by atoms with E-state index in [1.807, 2.05) is 78.9 Å². The second-order valence-electron chi connectivity index (χ2n) is 6.93. The van der Waals surface area contributed by atoms with Gasteiger partial charge in [0.25, 0.3) is 0 Å². The Kier molecular flexibility index (Phi) is 10.3. The molecule has 1 aromatic heterocycles. The number of nitrogens with zero attached hydrogens (tertiary/aromatic N) is 1. The number of rotatable bonds is 4. The fourth-order valence-electron chi connectivity index (χ4n) is 2.81. The van der Waals surface area contributed by atoms with Crippen LogP contribution in [0.5, 0.6) is 11.5 Å². The Hall–Kier alpha value is -2.91. The van der Waals surface area contributed by atoms with Gasteiger partial charge in [0.05, 0.1) is 0 Å². The fourth-order valence-corrected chi connectivity index (χ4v) is 3.19. The molecular formula is C26H17AuBrF3NO3-2. The molecule has 0 unspecified atom stereocenters. The van der Waals surface area contributed by atoms with Crippen LogP contribution in [0.4, 0.5) is 13.2 Å². The van der Waals surface area contributed by atoms with Crippen LogP contribution in [0.3, 0.4) is 0 Å². The van der Waals surface area contributed by atoms with Gasteiger partial charge in [0.1, 0.15) is 5.75 Å². The van der Waals surface area contributed by atoms with Crippen molar-refractivity contribution >= 4 is 21.9 Å². The SMILES string of the molecule is Cc1ccc(Oc2cccc(Br)c2)[c-]c1-c1cccc(-c2[c-]cccc2)n1.O=C(O)C(F)(F)F.[Au]. The van der Waals surface area contributed by atoms with Gasteiger partial charge in [-0.05, 0) is 29.6 Å². The van der Waals surface area contributed by atoms with Crippen molar-refractivity contribution in [3.05, 3.63) is 101 Å². The summed E-state index contributed by atoms with van der Waals surface area (Å²) in [6.07, 6.45) is -5.08. The molecule has 0 saturated carbocycles. The maximum atomic E-state index is 10.6. The van der Waals surface area contributed by atoms with E-state index < -0.39 is 12.1 Å². The van der Waals surface area contributed by atoms with E-state index in [1.165, 1.54) is 0 Å². The van der Waals surface area contributed by atoms with Crippen LogP contribution in [-0.2, 0) is 27.2 Å². The van der Waals surface area contributed by atoms with Crippen LogP contribution < -0.4 is 4.74 Å². The number of aromatic nitrogens is 1. The number of ether oxygens (including phenoxy) is 1. The summed E-state index contributed by atoms with van der Waals surface area (Å²) < 4.78 is 38.7. The van der Waals surface area contributed by atoms with Crippen LogP contribution in [-0.4, -0.2) is 22.2 Å². The van der Waals surface area contributed by atoms with Crippen LogP contribution in [0.1, 0.15) is 5.56 Å². The summed E-state index contributed by atoms with van der Waals surface area (Å²) in [6.45, 7) is 2.05. The molecule has 3 aromatic carbocycles. The Morgan fingerprint density at radius 2 is 1.69 bits per heavy atom. The Balaban J connectivity index is 0.000000476. The summed E-state index contributed by atoms with van der Waals surface area (Å²) in [5, 5.41) is 7.12. The molecule has 0 atom stereocenters. The van der Waals surface area contributed by atoms with Crippen molar-refractivity contribution in [2.24, 2.45) is 0 Å². The van der Waals surface area contributed by atoms with Gasteiger partial charge in [0.2, 0.25) is 0 Å². The molecule has 185 valence electrons. The van der Waals surface area contributed by atoms with Gasteiger partial charge in [-0.2, -0.15) is 13.2 Å². The molecule has 0 spiro atoms. The third-order valence-electron chi connectivity index (χ3n) is 4.38. The molecule has 0 saturated heterocycles. The fraction of sp³-hybridized carbons (Fsp3) is 0.0769. The topological polar surface area (TPSA) is 59.4 Å². The number of aliphatic carboxylic acids is 1. The van der Waals surface area contributed by atoms with Gasteiger partial charge in [0, 0.05) is 32.6 Å². The molecular weight excluding hydrogens is 708 g/mol. The number of benzene rings is 3. The molecule has 0 fully saturated rings. The van der Waals surface area contributed by atoms with E-state index in [2.05, 4.69) is 35.0 Å². The molecule has 0 bridgehead atoms. The maximum Gasteiger partial charge on any atom is 0.490 e. The average Bonchev–Trinajstić information content (AvgIpc) is 2.81. The second kappa shape index (κ2) is 12.7. The molecule has 4 aromatic rings. The normalized spacial score (nSPS) is 10.4. The molecule has 1 N–H and O–H groups in total. The number of halogens is 4. The summed E-state index contributed by atoms with van der Waals surface area (Å²) in [5.74, 6) is -1.34. The summed E-state index contributed by atoms with van der Waals surface area (Å²) in [5.41, 5.74) is 4.75. The first kappa shape index (κ1) is 28.3. The summed E-state index contributed by atoms with van der Waals surface area (Å²) in [6, 6.07) is 32.1. The van der Waals surface area contributed by atoms with Crippen molar-refractivity contribution in [2.45, 2.75) is 13.1 Å². The van der Waals surface area contributed by atoms with Gasteiger partial charge in [-0.15, -0.1) is 59.2 Å². The third kappa shape index (κ3) is 8.36. The quantitative estimate of drug-likeness (QED) is 0.175. The minimum absolute atomic E-state index is 0. The van der Waals surface area contributed by atoms with Gasteiger partial charge in [-0.25, -0.2) is 4.79 Å². The standard InChI is InChI=1S/C24H16BrNO.C2HF3O2.Au/c1-17-13-14-21(27-20-10-5-9-19(25)15-20)16-22(17)24-12-6-11-23(26-24)18-7-3-2-4-8-18;3-2(4,5)1(6)7;/h2-7,9-15H,1H3;(H,6,7);/q-2;;. The smallest absolute Gasteiger partial charge is 0.477 e. The molecule has 0 amide bonds. The van der Waals surface area contributed by atoms with E-state index in [-0.39, 0.29) is 22.4 Å². The zero-order chi connectivity index (χ0) is 24.7. The van der Waals surface area contributed by atoms with Crippen LogP contribution in [0.2, 0.25) is 0 Å². The van der Waals surface area contributed by atoms with Gasteiger partial charge in [0.15, 0.2) is 0 Å². The van der Waals surface area contributed by atoms with Crippen molar-refractivity contribution in [2.75, 3.05) is 0 Å². The van der Waals surface area contributed by atoms with E-state index in [1.54, 1.807) is 0 Å². The molecule has 35 heavy (non-hydrogen) atoms. The van der Waals surface area contributed by atoms with Gasteiger partial charge < -0.3 is 14.8 Å². The molecule has 0 aliphatic rings. The van der Waals surface area contributed by atoms with Crippen molar-refractivity contribution in [1.29, 1.82) is 0 Å². The Labute approximate surface area is 224 Å².